The smallest absolute Gasteiger partial charge is 0.274 e. The molecule has 0 N–H and O–H groups in total. The fourth-order valence-electron chi connectivity index (χ4n) is 3.81. The predicted molar refractivity (Wildman–Crippen MR) is 111 cm³/mol. The molecule has 4 heterocycles. The monoisotopic (exact) mass is 396 g/mol. The maximum absolute atomic E-state index is 13.3. The first-order chi connectivity index (χ1) is 14.1. The number of hydrogen-bond donors (Lipinski definition) is 0. The molecule has 4 rings (SSSR count). The van der Waals surface area contributed by atoms with Gasteiger partial charge in [-0.3, -0.25) is 9.20 Å². The van der Waals surface area contributed by atoms with Crippen molar-refractivity contribution in [2.45, 2.75) is 19.9 Å². The number of pyridine rings is 1. The van der Waals surface area contributed by atoms with Crippen LogP contribution >= 0.6 is 0 Å². The minimum absolute atomic E-state index is 0.00853. The zero-order chi connectivity index (χ0) is 20.4. The van der Waals surface area contributed by atoms with Gasteiger partial charge in [0.05, 0.1) is 12.1 Å². The summed E-state index contributed by atoms with van der Waals surface area (Å²) in [6.45, 7) is 6.69. The van der Waals surface area contributed by atoms with Crippen molar-refractivity contribution in [1.29, 1.82) is 0 Å². The van der Waals surface area contributed by atoms with E-state index >= 15 is 0 Å². The van der Waals surface area contributed by atoms with E-state index < -0.39 is 0 Å². The van der Waals surface area contributed by atoms with Crippen molar-refractivity contribution in [3.05, 3.63) is 42.1 Å². The Morgan fingerprint density at radius 1 is 1.17 bits per heavy atom. The summed E-state index contributed by atoms with van der Waals surface area (Å²) in [5, 5.41) is 0. The summed E-state index contributed by atoms with van der Waals surface area (Å²) in [6, 6.07) is 5.83. The van der Waals surface area contributed by atoms with Crippen LogP contribution in [0, 0.1) is 6.92 Å². The molecule has 1 aliphatic rings. The number of carbonyl (C=O) groups is 1. The fourth-order valence-corrected chi connectivity index (χ4v) is 3.81. The molecule has 3 aromatic rings. The standard InChI is InChI=1S/C21H28N6O2/c1-16-22-17(15-26(16)13-14-29-3)20-23-19(18-7-4-5-10-27(18)20)21(28)25-9-6-8-24(2)11-12-25/h4-5,7,10,15H,6,8-9,11-14H2,1-3H3. The summed E-state index contributed by atoms with van der Waals surface area (Å²) in [4.78, 5) is 27.0. The van der Waals surface area contributed by atoms with E-state index in [9.17, 15) is 4.79 Å². The molecule has 0 radical (unpaired) electrons. The molecule has 0 spiro atoms. The molecule has 0 saturated carbocycles. The van der Waals surface area contributed by atoms with Crippen LogP contribution in [0.15, 0.2) is 30.6 Å². The van der Waals surface area contributed by atoms with Crippen molar-refractivity contribution in [1.82, 2.24) is 28.7 Å². The van der Waals surface area contributed by atoms with Crippen LogP contribution in [0.1, 0.15) is 22.7 Å². The Morgan fingerprint density at radius 3 is 2.86 bits per heavy atom. The van der Waals surface area contributed by atoms with Gasteiger partial charge in [-0.1, -0.05) is 6.07 Å². The minimum atomic E-state index is -0.00853. The molecule has 0 bridgehead atoms. The van der Waals surface area contributed by atoms with Crippen LogP contribution in [0.2, 0.25) is 0 Å². The van der Waals surface area contributed by atoms with E-state index in [-0.39, 0.29) is 5.91 Å². The summed E-state index contributed by atoms with van der Waals surface area (Å²) >= 11 is 0. The lowest BCUT2D eigenvalue weighted by molar-refractivity contribution is 0.0759. The van der Waals surface area contributed by atoms with Crippen LogP contribution in [0.4, 0.5) is 0 Å². The van der Waals surface area contributed by atoms with E-state index in [1.165, 1.54) is 0 Å². The molecule has 1 saturated heterocycles. The molecular weight excluding hydrogens is 368 g/mol. The maximum Gasteiger partial charge on any atom is 0.274 e. The van der Waals surface area contributed by atoms with Crippen LogP contribution in [0.25, 0.3) is 17.0 Å². The van der Waals surface area contributed by atoms with Crippen molar-refractivity contribution in [3.8, 4) is 11.5 Å². The summed E-state index contributed by atoms with van der Waals surface area (Å²) in [5.41, 5.74) is 2.07. The highest BCUT2D eigenvalue weighted by atomic mass is 16.5. The quantitative estimate of drug-likeness (QED) is 0.659. The first-order valence-electron chi connectivity index (χ1n) is 10.1. The Hall–Kier alpha value is -2.71. The number of rotatable bonds is 5. The molecule has 0 aromatic carbocycles. The van der Waals surface area contributed by atoms with E-state index in [0.717, 1.165) is 56.2 Å². The van der Waals surface area contributed by atoms with Crippen molar-refractivity contribution in [3.63, 3.8) is 0 Å². The molecule has 1 amide bonds. The lowest BCUT2D eigenvalue weighted by atomic mass is 10.3. The van der Waals surface area contributed by atoms with Crippen LogP contribution in [0.3, 0.4) is 0 Å². The molecule has 1 aliphatic heterocycles. The van der Waals surface area contributed by atoms with Gasteiger partial charge in [0.1, 0.15) is 11.5 Å². The number of hydrogen-bond acceptors (Lipinski definition) is 5. The van der Waals surface area contributed by atoms with Gasteiger partial charge in [-0.25, -0.2) is 9.97 Å². The lowest BCUT2D eigenvalue weighted by Crippen LogP contribution is -2.34. The number of methoxy groups -OCH3 is 1. The second-order valence-electron chi connectivity index (χ2n) is 7.55. The molecule has 29 heavy (non-hydrogen) atoms. The van der Waals surface area contributed by atoms with E-state index in [1.54, 1.807) is 7.11 Å². The number of nitrogens with zero attached hydrogens (tertiary/aromatic N) is 6. The highest BCUT2D eigenvalue weighted by Crippen LogP contribution is 2.24. The molecule has 0 aliphatic carbocycles. The third kappa shape index (κ3) is 3.90. The highest BCUT2D eigenvalue weighted by Gasteiger charge is 2.25. The van der Waals surface area contributed by atoms with Gasteiger partial charge in [0.15, 0.2) is 11.5 Å². The Kier molecular flexibility index (Phi) is 5.64. The first kappa shape index (κ1) is 19.6. The Balaban J connectivity index is 1.71. The molecule has 8 heteroatoms. The van der Waals surface area contributed by atoms with Gasteiger partial charge in [-0.15, -0.1) is 0 Å². The number of aryl methyl sites for hydroxylation is 1. The van der Waals surface area contributed by atoms with E-state index in [4.69, 9.17) is 9.72 Å². The number of fused-ring (bicyclic) bond motifs is 1. The first-order valence-corrected chi connectivity index (χ1v) is 10.1. The fraction of sp³-hybridized carbons (Fsp3) is 0.476. The lowest BCUT2D eigenvalue weighted by Gasteiger charge is -2.19. The molecule has 3 aromatic heterocycles. The summed E-state index contributed by atoms with van der Waals surface area (Å²) < 4.78 is 9.19. The molecule has 8 nitrogen and oxygen atoms in total. The SMILES string of the molecule is COCCn1cc(-c2nc(C(=O)N3CCCN(C)CC3)c3ccccn23)nc1C. The van der Waals surface area contributed by atoms with Crippen molar-refractivity contribution in [2.75, 3.05) is 46.9 Å². The Labute approximate surface area is 170 Å². The molecular formula is C21H28N6O2. The van der Waals surface area contributed by atoms with Crippen LogP contribution in [0.5, 0.6) is 0 Å². The normalized spacial score (nSPS) is 15.8. The highest BCUT2D eigenvalue weighted by molar-refractivity contribution is 6.00. The van der Waals surface area contributed by atoms with Gasteiger partial charge < -0.3 is 19.1 Å². The largest absolute Gasteiger partial charge is 0.383 e. The van der Waals surface area contributed by atoms with E-state index in [2.05, 4.69) is 21.5 Å². The molecule has 154 valence electrons. The number of carbonyl (C=O) groups excluding carboxylic acids is 1. The number of amides is 1. The van der Waals surface area contributed by atoms with Gasteiger partial charge in [-0.05, 0) is 39.1 Å². The number of aromatic nitrogens is 4. The third-order valence-corrected chi connectivity index (χ3v) is 5.50. The summed E-state index contributed by atoms with van der Waals surface area (Å²) in [6.07, 6.45) is 4.89. The molecule has 0 atom stereocenters. The average Bonchev–Trinajstić information content (AvgIpc) is 3.20. The predicted octanol–water partition coefficient (Wildman–Crippen LogP) is 1.93. The minimum Gasteiger partial charge on any atom is -0.383 e. The third-order valence-electron chi connectivity index (χ3n) is 5.50. The van der Waals surface area contributed by atoms with Gasteiger partial charge in [0.25, 0.3) is 5.91 Å². The van der Waals surface area contributed by atoms with Crippen LogP contribution in [-0.4, -0.2) is 81.6 Å². The summed E-state index contributed by atoms with van der Waals surface area (Å²) in [5.74, 6) is 1.58. The Morgan fingerprint density at radius 2 is 2.03 bits per heavy atom. The van der Waals surface area contributed by atoms with Crippen LogP contribution < -0.4 is 0 Å². The van der Waals surface area contributed by atoms with Crippen molar-refractivity contribution >= 4 is 11.4 Å². The average molecular weight is 396 g/mol. The van der Waals surface area contributed by atoms with Gasteiger partial charge in [0, 0.05) is 45.7 Å². The van der Waals surface area contributed by atoms with Gasteiger partial charge in [-0.2, -0.15) is 0 Å². The maximum atomic E-state index is 13.3. The van der Waals surface area contributed by atoms with Crippen LogP contribution in [-0.2, 0) is 11.3 Å². The Bertz CT molecular complexity index is 1010. The number of ether oxygens (including phenoxy) is 1. The zero-order valence-electron chi connectivity index (χ0n) is 17.3. The number of imidazole rings is 2. The second-order valence-corrected chi connectivity index (χ2v) is 7.55. The number of likely N-dealkylation sites (N-methyl/N-ethyl adjacent to an activating group) is 1. The summed E-state index contributed by atoms with van der Waals surface area (Å²) in [7, 11) is 3.79. The zero-order valence-corrected chi connectivity index (χ0v) is 17.3. The van der Waals surface area contributed by atoms with Gasteiger partial charge in [0.2, 0.25) is 0 Å². The van der Waals surface area contributed by atoms with E-state index in [0.29, 0.717) is 18.1 Å². The van der Waals surface area contributed by atoms with Crippen molar-refractivity contribution in [2.24, 2.45) is 0 Å². The van der Waals surface area contributed by atoms with E-state index in [1.807, 2.05) is 46.8 Å². The second kappa shape index (κ2) is 8.34. The topological polar surface area (TPSA) is 67.9 Å². The molecule has 0 unspecified atom stereocenters. The molecule has 1 fully saturated rings. The van der Waals surface area contributed by atoms with Gasteiger partial charge >= 0.3 is 0 Å². The van der Waals surface area contributed by atoms with Crippen molar-refractivity contribution < 1.29 is 9.53 Å².